The van der Waals surface area contributed by atoms with Crippen molar-refractivity contribution < 1.29 is 29.0 Å². The molecule has 0 bridgehead atoms. The van der Waals surface area contributed by atoms with Crippen molar-refractivity contribution in [2.75, 3.05) is 20.3 Å². The van der Waals surface area contributed by atoms with E-state index in [1.165, 1.54) is 7.11 Å². The second kappa shape index (κ2) is 10.8. The van der Waals surface area contributed by atoms with E-state index in [1.807, 2.05) is 36.4 Å². The normalized spacial score (nSPS) is 14.1. The van der Waals surface area contributed by atoms with Crippen LogP contribution in [0.15, 0.2) is 48.5 Å². The van der Waals surface area contributed by atoms with Gasteiger partial charge in [-0.05, 0) is 35.6 Å². The topological polar surface area (TPSA) is 114 Å². The Morgan fingerprint density at radius 2 is 1.62 bits per heavy atom. The van der Waals surface area contributed by atoms with Crippen LogP contribution in [0.25, 0.3) is 11.1 Å². The highest BCUT2D eigenvalue weighted by Crippen LogP contribution is 2.44. The molecular weight excluding hydrogens is 412 g/mol. The number of methoxy groups -OCH3 is 1. The van der Waals surface area contributed by atoms with Crippen LogP contribution in [-0.2, 0) is 19.1 Å². The average Bonchev–Trinajstić information content (AvgIpc) is 3.12. The molecule has 2 atom stereocenters. The molecule has 2 amide bonds. The Morgan fingerprint density at radius 3 is 2.19 bits per heavy atom. The maximum Gasteiger partial charge on any atom is 0.407 e. The number of carboxylic acid groups (broad SMARTS) is 1. The number of carboxylic acids is 1. The number of amides is 2. The van der Waals surface area contributed by atoms with Crippen molar-refractivity contribution in [1.82, 2.24) is 10.6 Å². The predicted octanol–water partition coefficient (Wildman–Crippen LogP) is 2.91. The number of hydrogen-bond donors (Lipinski definition) is 3. The third-order valence-electron chi connectivity index (χ3n) is 5.61. The quantitative estimate of drug-likeness (QED) is 0.490. The van der Waals surface area contributed by atoms with Crippen molar-refractivity contribution >= 4 is 18.0 Å². The molecule has 170 valence electrons. The number of benzene rings is 2. The van der Waals surface area contributed by atoms with E-state index in [0.717, 1.165) is 22.3 Å². The number of hydrogen-bond acceptors (Lipinski definition) is 5. The summed E-state index contributed by atoms with van der Waals surface area (Å²) in [6.45, 7) is 1.98. The van der Waals surface area contributed by atoms with Crippen molar-refractivity contribution in [1.29, 1.82) is 0 Å². The maximum atomic E-state index is 12.5. The Balaban J connectivity index is 1.61. The first-order valence-corrected chi connectivity index (χ1v) is 10.6. The molecule has 0 fully saturated rings. The van der Waals surface area contributed by atoms with Gasteiger partial charge in [-0.15, -0.1) is 0 Å². The lowest BCUT2D eigenvalue weighted by Gasteiger charge is -2.23. The average molecular weight is 440 g/mol. The molecule has 0 spiro atoms. The van der Waals surface area contributed by atoms with Crippen LogP contribution in [0.2, 0.25) is 0 Å². The van der Waals surface area contributed by atoms with Gasteiger partial charge in [0.25, 0.3) is 0 Å². The van der Waals surface area contributed by atoms with Crippen LogP contribution in [0, 0.1) is 0 Å². The van der Waals surface area contributed by atoms with E-state index in [-0.39, 0.29) is 25.5 Å². The number of carbonyl (C=O) groups excluding carboxylic acids is 2. The zero-order chi connectivity index (χ0) is 23.1. The molecule has 0 saturated heterocycles. The summed E-state index contributed by atoms with van der Waals surface area (Å²) in [4.78, 5) is 35.6. The monoisotopic (exact) mass is 440 g/mol. The van der Waals surface area contributed by atoms with E-state index in [2.05, 4.69) is 22.8 Å². The molecule has 0 heterocycles. The molecule has 0 unspecified atom stereocenters. The number of aliphatic carboxylic acids is 1. The number of nitrogens with one attached hydrogen (secondary N) is 2. The summed E-state index contributed by atoms with van der Waals surface area (Å²) in [5.41, 5.74) is 4.45. The number of fused-ring (bicyclic) bond motifs is 3. The Bertz CT molecular complexity index is 931. The van der Waals surface area contributed by atoms with Gasteiger partial charge in [0.1, 0.15) is 12.6 Å². The molecule has 8 nitrogen and oxygen atoms in total. The van der Waals surface area contributed by atoms with Gasteiger partial charge < -0.3 is 25.2 Å². The molecule has 1 aliphatic carbocycles. The van der Waals surface area contributed by atoms with Gasteiger partial charge in [0.2, 0.25) is 5.91 Å². The van der Waals surface area contributed by atoms with Crippen LogP contribution in [0.4, 0.5) is 4.79 Å². The number of alkyl carbamates (subject to hydrolysis) is 1. The Morgan fingerprint density at radius 1 is 1.03 bits per heavy atom. The van der Waals surface area contributed by atoms with Gasteiger partial charge >= 0.3 is 12.1 Å². The summed E-state index contributed by atoms with van der Waals surface area (Å²) < 4.78 is 10.7. The molecule has 8 heteroatoms. The van der Waals surface area contributed by atoms with Crippen molar-refractivity contribution in [3.8, 4) is 11.1 Å². The molecule has 1 aliphatic rings. The smallest absolute Gasteiger partial charge is 0.407 e. The molecule has 3 N–H and O–H groups in total. The third kappa shape index (κ3) is 5.45. The fourth-order valence-corrected chi connectivity index (χ4v) is 3.86. The highest BCUT2D eigenvalue weighted by Gasteiger charge is 2.31. The highest BCUT2D eigenvalue weighted by molar-refractivity contribution is 5.86. The second-order valence-electron chi connectivity index (χ2n) is 7.68. The molecule has 0 aromatic heterocycles. The predicted molar refractivity (Wildman–Crippen MR) is 118 cm³/mol. The third-order valence-corrected chi connectivity index (χ3v) is 5.61. The molecule has 2 aromatic carbocycles. The SMILES string of the molecule is CO[C@H](C)[C@H](NC(=O)OCC1c2ccccc2-c2ccccc21)C(=O)NCCCC(=O)O. The molecule has 0 saturated carbocycles. The molecule has 32 heavy (non-hydrogen) atoms. The van der Waals surface area contributed by atoms with Gasteiger partial charge in [-0.1, -0.05) is 48.5 Å². The van der Waals surface area contributed by atoms with E-state index in [4.69, 9.17) is 14.6 Å². The zero-order valence-electron chi connectivity index (χ0n) is 18.2. The standard InChI is InChI=1S/C24H28N2O6/c1-15(31-2)22(23(29)25-13-7-12-21(27)28)26-24(30)32-14-20-18-10-5-3-8-16(18)17-9-4-6-11-19(17)20/h3-6,8-11,15,20,22H,7,12-14H2,1-2H3,(H,25,29)(H,26,30)(H,27,28)/t15-,22+/m1/s1. The zero-order valence-corrected chi connectivity index (χ0v) is 18.2. The van der Waals surface area contributed by atoms with Gasteiger partial charge in [0.05, 0.1) is 6.10 Å². The lowest BCUT2D eigenvalue weighted by atomic mass is 9.98. The first-order chi connectivity index (χ1) is 15.4. The summed E-state index contributed by atoms with van der Waals surface area (Å²) in [7, 11) is 1.44. The summed E-state index contributed by atoms with van der Waals surface area (Å²) in [5, 5.41) is 13.9. The minimum absolute atomic E-state index is 0.0510. The van der Waals surface area contributed by atoms with Crippen LogP contribution in [0.3, 0.4) is 0 Å². The molecule has 0 radical (unpaired) electrons. The van der Waals surface area contributed by atoms with E-state index in [1.54, 1.807) is 6.92 Å². The van der Waals surface area contributed by atoms with Gasteiger partial charge in [0.15, 0.2) is 0 Å². The lowest BCUT2D eigenvalue weighted by Crippen LogP contribution is -2.53. The molecular formula is C24H28N2O6. The summed E-state index contributed by atoms with van der Waals surface area (Å²) >= 11 is 0. The summed E-state index contributed by atoms with van der Waals surface area (Å²) in [6.07, 6.45) is -1.08. The van der Waals surface area contributed by atoms with Crippen LogP contribution in [-0.4, -0.2) is 55.5 Å². The van der Waals surface area contributed by atoms with Crippen molar-refractivity contribution in [3.05, 3.63) is 59.7 Å². The first kappa shape index (κ1) is 23.3. The minimum atomic E-state index is -0.972. The number of ether oxygens (including phenoxy) is 2. The van der Waals surface area contributed by atoms with Gasteiger partial charge in [0, 0.05) is 26.0 Å². The Hall–Kier alpha value is -3.39. The van der Waals surface area contributed by atoms with E-state index in [9.17, 15) is 14.4 Å². The fraction of sp³-hybridized carbons (Fsp3) is 0.375. The van der Waals surface area contributed by atoms with Crippen molar-refractivity contribution in [2.45, 2.75) is 37.8 Å². The van der Waals surface area contributed by atoms with Gasteiger partial charge in [-0.3, -0.25) is 9.59 Å². The molecule has 2 aromatic rings. The maximum absolute atomic E-state index is 12.5. The van der Waals surface area contributed by atoms with E-state index in [0.29, 0.717) is 6.42 Å². The van der Waals surface area contributed by atoms with E-state index < -0.39 is 30.1 Å². The fourth-order valence-electron chi connectivity index (χ4n) is 3.86. The van der Waals surface area contributed by atoms with Crippen LogP contribution >= 0.6 is 0 Å². The van der Waals surface area contributed by atoms with Crippen molar-refractivity contribution in [3.63, 3.8) is 0 Å². The first-order valence-electron chi connectivity index (χ1n) is 10.6. The number of carbonyl (C=O) groups is 3. The highest BCUT2D eigenvalue weighted by atomic mass is 16.5. The minimum Gasteiger partial charge on any atom is -0.481 e. The number of rotatable bonds is 10. The molecule has 0 aliphatic heterocycles. The van der Waals surface area contributed by atoms with Crippen molar-refractivity contribution in [2.24, 2.45) is 0 Å². The molecule has 3 rings (SSSR count). The lowest BCUT2D eigenvalue weighted by molar-refractivity contribution is -0.137. The Labute approximate surface area is 186 Å². The van der Waals surface area contributed by atoms with Crippen LogP contribution in [0.1, 0.15) is 36.8 Å². The van der Waals surface area contributed by atoms with Gasteiger partial charge in [-0.25, -0.2) is 4.79 Å². The van der Waals surface area contributed by atoms with E-state index >= 15 is 0 Å². The largest absolute Gasteiger partial charge is 0.481 e. The van der Waals surface area contributed by atoms with Crippen LogP contribution in [0.5, 0.6) is 0 Å². The van der Waals surface area contributed by atoms with Gasteiger partial charge in [-0.2, -0.15) is 0 Å². The Kier molecular flexibility index (Phi) is 7.83. The van der Waals surface area contributed by atoms with Crippen LogP contribution < -0.4 is 10.6 Å². The second-order valence-corrected chi connectivity index (χ2v) is 7.68. The summed E-state index contributed by atoms with van der Waals surface area (Å²) in [5.74, 6) is -1.48. The summed E-state index contributed by atoms with van der Waals surface area (Å²) in [6, 6.07) is 15.1.